The molecule has 124 valence electrons. The predicted molar refractivity (Wildman–Crippen MR) is 103 cm³/mol. The summed E-state index contributed by atoms with van der Waals surface area (Å²) in [6, 6.07) is 21.2. The van der Waals surface area contributed by atoms with Crippen LogP contribution >= 0.6 is 0 Å². The molecule has 0 amide bonds. The molecule has 0 saturated heterocycles. The normalized spacial score (nSPS) is 11.0. The van der Waals surface area contributed by atoms with Crippen LogP contribution in [0.15, 0.2) is 60.7 Å². The molecule has 0 aliphatic heterocycles. The molecule has 0 aliphatic carbocycles. The summed E-state index contributed by atoms with van der Waals surface area (Å²) in [5.74, 6) is 1.47. The van der Waals surface area contributed by atoms with Crippen molar-refractivity contribution >= 4 is 16.5 Å². The third kappa shape index (κ3) is 3.70. The Morgan fingerprint density at radius 3 is 2.58 bits per heavy atom. The topological polar surface area (TPSA) is 21.3 Å². The van der Waals surface area contributed by atoms with Gasteiger partial charge >= 0.3 is 0 Å². The first kappa shape index (κ1) is 16.4. The second kappa shape index (κ2) is 7.39. The number of anilines is 1. The van der Waals surface area contributed by atoms with Crippen LogP contribution in [0.25, 0.3) is 10.8 Å². The molecule has 0 bridgehead atoms. The number of hydrogen-bond donors (Lipinski definition) is 1. The van der Waals surface area contributed by atoms with Crippen molar-refractivity contribution in [3.8, 4) is 5.75 Å². The van der Waals surface area contributed by atoms with Gasteiger partial charge in [-0.05, 0) is 41.5 Å². The van der Waals surface area contributed by atoms with Crippen LogP contribution in [-0.4, -0.2) is 13.2 Å². The Balaban J connectivity index is 1.64. The summed E-state index contributed by atoms with van der Waals surface area (Å²) in [6.07, 6.45) is 0. The Bertz CT molecular complexity index is 818. The zero-order valence-corrected chi connectivity index (χ0v) is 14.7. The van der Waals surface area contributed by atoms with Crippen molar-refractivity contribution in [1.29, 1.82) is 0 Å². The van der Waals surface area contributed by atoms with Crippen molar-refractivity contribution in [2.45, 2.75) is 26.7 Å². The fourth-order valence-electron chi connectivity index (χ4n) is 2.97. The van der Waals surface area contributed by atoms with E-state index in [0.717, 1.165) is 18.0 Å². The van der Waals surface area contributed by atoms with Gasteiger partial charge in [-0.25, -0.2) is 0 Å². The van der Waals surface area contributed by atoms with Crippen LogP contribution in [0.4, 0.5) is 5.69 Å². The standard InChI is InChI=1S/C22H25NO/c1-16(2)19-12-11-17(3)15-22(19)24-14-13-23-21-10-6-8-18-7-4-5-9-20(18)21/h4-12,15-16,23H,13-14H2,1-3H3. The Hall–Kier alpha value is -2.48. The van der Waals surface area contributed by atoms with Crippen molar-refractivity contribution in [3.05, 3.63) is 71.8 Å². The van der Waals surface area contributed by atoms with Gasteiger partial charge in [-0.15, -0.1) is 0 Å². The first-order valence-electron chi connectivity index (χ1n) is 8.60. The summed E-state index contributed by atoms with van der Waals surface area (Å²) in [5, 5.41) is 6.00. The number of hydrogen-bond acceptors (Lipinski definition) is 2. The minimum Gasteiger partial charge on any atom is -0.491 e. The molecule has 0 spiro atoms. The summed E-state index contributed by atoms with van der Waals surface area (Å²) < 4.78 is 6.05. The van der Waals surface area contributed by atoms with Gasteiger partial charge in [0.1, 0.15) is 12.4 Å². The Kier molecular flexibility index (Phi) is 5.05. The van der Waals surface area contributed by atoms with E-state index in [1.54, 1.807) is 0 Å². The molecule has 0 radical (unpaired) electrons. The highest BCUT2D eigenvalue weighted by molar-refractivity contribution is 5.93. The molecule has 0 aromatic heterocycles. The molecule has 0 fully saturated rings. The highest BCUT2D eigenvalue weighted by atomic mass is 16.5. The van der Waals surface area contributed by atoms with E-state index >= 15 is 0 Å². The van der Waals surface area contributed by atoms with Gasteiger partial charge in [0.2, 0.25) is 0 Å². The highest BCUT2D eigenvalue weighted by Crippen LogP contribution is 2.27. The van der Waals surface area contributed by atoms with E-state index < -0.39 is 0 Å². The fraction of sp³-hybridized carbons (Fsp3) is 0.273. The lowest BCUT2D eigenvalue weighted by atomic mass is 10.0. The van der Waals surface area contributed by atoms with Crippen LogP contribution < -0.4 is 10.1 Å². The third-order valence-corrected chi connectivity index (χ3v) is 4.26. The van der Waals surface area contributed by atoms with E-state index in [1.807, 2.05) is 0 Å². The number of rotatable bonds is 6. The Labute approximate surface area is 144 Å². The zero-order chi connectivity index (χ0) is 16.9. The zero-order valence-electron chi connectivity index (χ0n) is 14.7. The molecule has 0 atom stereocenters. The molecule has 1 N–H and O–H groups in total. The summed E-state index contributed by atoms with van der Waals surface area (Å²) >= 11 is 0. The summed E-state index contributed by atoms with van der Waals surface area (Å²) in [4.78, 5) is 0. The van der Waals surface area contributed by atoms with Gasteiger partial charge in [0, 0.05) is 17.6 Å². The second-order valence-corrected chi connectivity index (χ2v) is 6.50. The molecule has 3 aromatic rings. The molecule has 0 heterocycles. The summed E-state index contributed by atoms with van der Waals surface area (Å²) in [5.41, 5.74) is 3.66. The van der Waals surface area contributed by atoms with E-state index in [0.29, 0.717) is 12.5 Å². The van der Waals surface area contributed by atoms with Crippen LogP contribution in [0.3, 0.4) is 0 Å². The smallest absolute Gasteiger partial charge is 0.123 e. The van der Waals surface area contributed by atoms with Gasteiger partial charge in [-0.1, -0.05) is 62.4 Å². The number of nitrogens with one attached hydrogen (secondary N) is 1. The van der Waals surface area contributed by atoms with Crippen molar-refractivity contribution < 1.29 is 4.74 Å². The Morgan fingerprint density at radius 2 is 1.75 bits per heavy atom. The lowest BCUT2D eigenvalue weighted by molar-refractivity contribution is 0.328. The Morgan fingerprint density at radius 1 is 0.958 bits per heavy atom. The maximum atomic E-state index is 6.05. The lowest BCUT2D eigenvalue weighted by Gasteiger charge is -2.16. The summed E-state index contributed by atoms with van der Waals surface area (Å²) in [7, 11) is 0. The largest absolute Gasteiger partial charge is 0.491 e. The van der Waals surface area contributed by atoms with Gasteiger partial charge in [-0.3, -0.25) is 0 Å². The number of benzene rings is 3. The molecule has 0 unspecified atom stereocenters. The molecule has 2 heteroatoms. The van der Waals surface area contributed by atoms with Crippen LogP contribution in [0.1, 0.15) is 30.9 Å². The quantitative estimate of drug-likeness (QED) is 0.583. The number of aryl methyl sites for hydroxylation is 1. The van der Waals surface area contributed by atoms with Crippen LogP contribution in [0, 0.1) is 6.92 Å². The molecule has 3 rings (SSSR count). The number of ether oxygens (including phenoxy) is 1. The number of fused-ring (bicyclic) bond motifs is 1. The van der Waals surface area contributed by atoms with Crippen molar-refractivity contribution in [2.24, 2.45) is 0 Å². The van der Waals surface area contributed by atoms with Crippen molar-refractivity contribution in [2.75, 3.05) is 18.5 Å². The predicted octanol–water partition coefficient (Wildman–Crippen LogP) is 5.76. The van der Waals surface area contributed by atoms with Gasteiger partial charge in [-0.2, -0.15) is 0 Å². The highest BCUT2D eigenvalue weighted by Gasteiger charge is 2.08. The molecule has 3 aromatic carbocycles. The minimum absolute atomic E-state index is 0.464. The van der Waals surface area contributed by atoms with Gasteiger partial charge in [0.05, 0.1) is 0 Å². The first-order chi connectivity index (χ1) is 11.6. The SMILES string of the molecule is Cc1ccc(C(C)C)c(OCCNc2cccc3ccccc23)c1. The molecular formula is C22H25NO. The molecule has 2 nitrogen and oxygen atoms in total. The average Bonchev–Trinajstić information content (AvgIpc) is 2.58. The van der Waals surface area contributed by atoms with Crippen molar-refractivity contribution in [3.63, 3.8) is 0 Å². The third-order valence-electron chi connectivity index (χ3n) is 4.26. The molecule has 0 saturated carbocycles. The minimum atomic E-state index is 0.464. The average molecular weight is 319 g/mol. The van der Waals surface area contributed by atoms with Crippen LogP contribution in [0.2, 0.25) is 0 Å². The molecule has 0 aliphatic rings. The van der Waals surface area contributed by atoms with Crippen molar-refractivity contribution in [1.82, 2.24) is 0 Å². The van der Waals surface area contributed by atoms with E-state index in [9.17, 15) is 0 Å². The van der Waals surface area contributed by atoms with E-state index in [1.165, 1.54) is 21.9 Å². The van der Waals surface area contributed by atoms with Crippen LogP contribution in [0.5, 0.6) is 5.75 Å². The first-order valence-corrected chi connectivity index (χ1v) is 8.60. The molecular weight excluding hydrogens is 294 g/mol. The van der Waals surface area contributed by atoms with E-state index in [-0.39, 0.29) is 0 Å². The molecule has 24 heavy (non-hydrogen) atoms. The van der Waals surface area contributed by atoms with Gasteiger partial charge in [0.15, 0.2) is 0 Å². The van der Waals surface area contributed by atoms with Gasteiger partial charge in [0.25, 0.3) is 0 Å². The van der Waals surface area contributed by atoms with Crippen LogP contribution in [-0.2, 0) is 0 Å². The lowest BCUT2D eigenvalue weighted by Crippen LogP contribution is -2.12. The van der Waals surface area contributed by atoms with E-state index in [4.69, 9.17) is 4.74 Å². The summed E-state index contributed by atoms with van der Waals surface area (Å²) in [6.45, 7) is 7.93. The maximum Gasteiger partial charge on any atom is 0.123 e. The monoisotopic (exact) mass is 319 g/mol. The second-order valence-electron chi connectivity index (χ2n) is 6.50. The van der Waals surface area contributed by atoms with Gasteiger partial charge < -0.3 is 10.1 Å². The maximum absolute atomic E-state index is 6.05. The van der Waals surface area contributed by atoms with E-state index in [2.05, 4.69) is 86.8 Å². The fourth-order valence-corrected chi connectivity index (χ4v) is 2.97.